The van der Waals surface area contributed by atoms with Crippen LogP contribution in [0.3, 0.4) is 0 Å². The van der Waals surface area contributed by atoms with Crippen LogP contribution in [0.5, 0.6) is 0 Å². The predicted molar refractivity (Wildman–Crippen MR) is 95.7 cm³/mol. The summed E-state index contributed by atoms with van der Waals surface area (Å²) in [6, 6.07) is -0.399. The number of thiazole rings is 1. The van der Waals surface area contributed by atoms with E-state index in [0.29, 0.717) is 29.6 Å². The molecule has 7 nitrogen and oxygen atoms in total. The zero-order valence-electron chi connectivity index (χ0n) is 13.8. The molecule has 0 spiro atoms. The Kier molecular flexibility index (Phi) is 5.95. The molecule has 1 aromatic heterocycles. The number of thioether (sulfide) groups is 1. The smallest absolute Gasteiger partial charge is 0.355 e. The zero-order valence-corrected chi connectivity index (χ0v) is 15.4. The number of carboxylic acid groups (broad SMARTS) is 1. The Bertz CT molecular complexity index is 658. The minimum absolute atomic E-state index is 0.0341. The second-order valence-electron chi connectivity index (χ2n) is 6.28. The van der Waals surface area contributed by atoms with Crippen molar-refractivity contribution in [1.29, 1.82) is 0 Å². The number of carboxylic acids is 1. The maximum absolute atomic E-state index is 12.6. The van der Waals surface area contributed by atoms with Crippen LogP contribution in [0.25, 0.3) is 0 Å². The first-order chi connectivity index (χ1) is 12.1. The lowest BCUT2D eigenvalue weighted by Gasteiger charge is -2.25. The zero-order chi connectivity index (χ0) is 17.8. The molecule has 1 aliphatic carbocycles. The molecule has 1 atom stereocenters. The van der Waals surface area contributed by atoms with Crippen molar-refractivity contribution >= 4 is 40.9 Å². The van der Waals surface area contributed by atoms with E-state index in [0.717, 1.165) is 25.7 Å². The number of nitrogens with zero attached hydrogens (tertiary/aromatic N) is 2. The fourth-order valence-electron chi connectivity index (χ4n) is 3.22. The van der Waals surface area contributed by atoms with Gasteiger partial charge in [-0.2, -0.15) is 0 Å². The third-order valence-electron chi connectivity index (χ3n) is 4.58. The molecule has 2 heterocycles. The Morgan fingerprint density at radius 2 is 2.08 bits per heavy atom. The van der Waals surface area contributed by atoms with E-state index < -0.39 is 12.0 Å². The number of hydrogen-bond acceptors (Lipinski definition) is 6. The van der Waals surface area contributed by atoms with Gasteiger partial charge in [0, 0.05) is 30.0 Å². The summed E-state index contributed by atoms with van der Waals surface area (Å²) in [5.74, 6) is 0.237. The summed E-state index contributed by atoms with van der Waals surface area (Å²) >= 11 is 2.88. The summed E-state index contributed by atoms with van der Waals surface area (Å²) < 4.78 is 0. The molecule has 1 aliphatic heterocycles. The monoisotopic (exact) mass is 383 g/mol. The van der Waals surface area contributed by atoms with E-state index in [1.807, 2.05) is 0 Å². The highest BCUT2D eigenvalue weighted by molar-refractivity contribution is 7.99. The van der Waals surface area contributed by atoms with Gasteiger partial charge in [0.1, 0.15) is 6.04 Å². The normalized spacial score (nSPS) is 20.8. The molecule has 1 saturated carbocycles. The van der Waals surface area contributed by atoms with Gasteiger partial charge in [-0.25, -0.2) is 9.78 Å². The van der Waals surface area contributed by atoms with Crippen molar-refractivity contribution < 1.29 is 19.5 Å². The van der Waals surface area contributed by atoms with Crippen molar-refractivity contribution in [3.05, 3.63) is 16.1 Å². The van der Waals surface area contributed by atoms with Crippen molar-refractivity contribution in [2.24, 2.45) is 5.92 Å². The molecule has 0 aromatic carbocycles. The molecule has 2 amide bonds. The van der Waals surface area contributed by atoms with Gasteiger partial charge >= 0.3 is 5.97 Å². The van der Waals surface area contributed by atoms with Gasteiger partial charge in [0.05, 0.1) is 10.9 Å². The summed E-state index contributed by atoms with van der Waals surface area (Å²) in [7, 11) is 0. The largest absolute Gasteiger partial charge is 0.476 e. The Balaban J connectivity index is 1.49. The third-order valence-corrected chi connectivity index (χ3v) is 6.50. The molecule has 2 aliphatic rings. The number of hydrogen-bond donors (Lipinski definition) is 2. The molecular weight excluding hydrogens is 362 g/mol. The molecule has 1 unspecified atom stereocenters. The van der Waals surface area contributed by atoms with Crippen LogP contribution in [-0.2, 0) is 16.0 Å². The Hall–Kier alpha value is -1.61. The number of aromatic nitrogens is 1. The lowest BCUT2D eigenvalue weighted by atomic mass is 10.1. The summed E-state index contributed by atoms with van der Waals surface area (Å²) in [6.45, 7) is 0.387. The van der Waals surface area contributed by atoms with E-state index >= 15 is 0 Å². The highest BCUT2D eigenvalue weighted by atomic mass is 32.2. The average molecular weight is 383 g/mol. The summed E-state index contributed by atoms with van der Waals surface area (Å²) in [4.78, 5) is 41.6. The van der Waals surface area contributed by atoms with Crippen molar-refractivity contribution in [3.8, 4) is 0 Å². The Labute approximate surface area is 154 Å². The fraction of sp³-hybridized carbons (Fsp3) is 0.625. The van der Waals surface area contributed by atoms with Gasteiger partial charge in [-0.05, 0) is 12.8 Å². The van der Waals surface area contributed by atoms with Gasteiger partial charge in [0.25, 0.3) is 0 Å². The van der Waals surface area contributed by atoms with Crippen molar-refractivity contribution in [2.45, 2.75) is 38.1 Å². The SMILES string of the molecule is O=C(O)c1csc(CCNC(=O)C2CSCN2C(=O)C2CCCC2)n1. The quantitative estimate of drug-likeness (QED) is 0.774. The molecule has 25 heavy (non-hydrogen) atoms. The molecule has 1 saturated heterocycles. The van der Waals surface area contributed by atoms with E-state index in [4.69, 9.17) is 5.11 Å². The molecule has 2 fully saturated rings. The minimum atomic E-state index is -1.05. The average Bonchev–Trinajstić information content (AvgIpc) is 3.33. The number of aromatic carboxylic acids is 1. The number of nitrogens with one attached hydrogen (secondary N) is 1. The first-order valence-corrected chi connectivity index (χ1v) is 10.4. The summed E-state index contributed by atoms with van der Waals surface area (Å²) in [6.07, 6.45) is 4.55. The van der Waals surface area contributed by atoms with Crippen LogP contribution in [0.1, 0.15) is 41.2 Å². The third kappa shape index (κ3) is 4.33. The van der Waals surface area contributed by atoms with E-state index in [1.165, 1.54) is 16.7 Å². The predicted octanol–water partition coefficient (Wildman–Crippen LogP) is 1.59. The number of carbonyl (C=O) groups is 3. The molecule has 3 rings (SSSR count). The van der Waals surface area contributed by atoms with Gasteiger partial charge in [-0.3, -0.25) is 9.59 Å². The van der Waals surface area contributed by atoms with E-state index in [1.54, 1.807) is 16.7 Å². The molecular formula is C16H21N3O4S2. The molecule has 136 valence electrons. The van der Waals surface area contributed by atoms with Crippen LogP contribution in [-0.4, -0.2) is 57.0 Å². The van der Waals surface area contributed by atoms with Crippen LogP contribution in [0.15, 0.2) is 5.38 Å². The van der Waals surface area contributed by atoms with Crippen molar-refractivity contribution in [1.82, 2.24) is 15.2 Å². The van der Waals surface area contributed by atoms with Crippen LogP contribution in [0.4, 0.5) is 0 Å². The fourth-order valence-corrected chi connectivity index (χ4v) is 5.15. The lowest BCUT2D eigenvalue weighted by molar-refractivity contribution is -0.141. The van der Waals surface area contributed by atoms with Crippen LogP contribution in [0, 0.1) is 5.92 Å². The number of rotatable bonds is 6. The van der Waals surface area contributed by atoms with Crippen LogP contribution in [0.2, 0.25) is 0 Å². The van der Waals surface area contributed by atoms with Crippen molar-refractivity contribution in [3.63, 3.8) is 0 Å². The number of amides is 2. The van der Waals surface area contributed by atoms with Crippen LogP contribution < -0.4 is 5.32 Å². The minimum Gasteiger partial charge on any atom is -0.476 e. The second-order valence-corrected chi connectivity index (χ2v) is 8.22. The standard InChI is InChI=1S/C16H21N3O4S2/c20-14(17-6-5-13-18-11(7-25-13)16(22)23)12-8-24-9-19(12)15(21)10-3-1-2-4-10/h7,10,12H,1-6,8-9H2,(H,17,20)(H,22,23). The highest BCUT2D eigenvalue weighted by Gasteiger charge is 2.38. The molecule has 1 aromatic rings. The Morgan fingerprint density at radius 1 is 1.32 bits per heavy atom. The molecule has 0 bridgehead atoms. The topological polar surface area (TPSA) is 99.6 Å². The van der Waals surface area contributed by atoms with Crippen LogP contribution >= 0.6 is 23.1 Å². The summed E-state index contributed by atoms with van der Waals surface area (Å²) in [5, 5.41) is 13.9. The highest BCUT2D eigenvalue weighted by Crippen LogP contribution is 2.30. The first kappa shape index (κ1) is 18.2. The van der Waals surface area contributed by atoms with Gasteiger partial charge in [-0.1, -0.05) is 12.8 Å². The van der Waals surface area contributed by atoms with E-state index in [-0.39, 0.29) is 23.4 Å². The van der Waals surface area contributed by atoms with Gasteiger partial charge in [0.15, 0.2) is 5.69 Å². The molecule has 9 heteroatoms. The molecule has 0 radical (unpaired) electrons. The lowest BCUT2D eigenvalue weighted by Crippen LogP contribution is -2.49. The summed E-state index contributed by atoms with van der Waals surface area (Å²) in [5.41, 5.74) is 0.0341. The van der Waals surface area contributed by atoms with E-state index in [2.05, 4.69) is 10.3 Å². The van der Waals surface area contributed by atoms with Gasteiger partial charge < -0.3 is 15.3 Å². The van der Waals surface area contributed by atoms with Crippen molar-refractivity contribution in [2.75, 3.05) is 18.2 Å². The number of carbonyl (C=O) groups excluding carboxylic acids is 2. The Morgan fingerprint density at radius 3 is 2.76 bits per heavy atom. The van der Waals surface area contributed by atoms with Gasteiger partial charge in [-0.15, -0.1) is 23.1 Å². The van der Waals surface area contributed by atoms with Gasteiger partial charge in [0.2, 0.25) is 11.8 Å². The maximum atomic E-state index is 12.6. The van der Waals surface area contributed by atoms with E-state index in [9.17, 15) is 14.4 Å². The first-order valence-electron chi connectivity index (χ1n) is 8.40. The molecule has 2 N–H and O–H groups in total. The maximum Gasteiger partial charge on any atom is 0.355 e. The second kappa shape index (κ2) is 8.18.